The van der Waals surface area contributed by atoms with E-state index < -0.39 is 0 Å². The van der Waals surface area contributed by atoms with Crippen molar-refractivity contribution in [1.29, 1.82) is 5.26 Å². The number of hydrogen-bond donors (Lipinski definition) is 0. The van der Waals surface area contributed by atoms with Gasteiger partial charge in [0, 0.05) is 13.1 Å². The van der Waals surface area contributed by atoms with E-state index in [1.165, 1.54) is 25.7 Å². The molecular formula is C15H22N2O. The average molecular weight is 246 g/mol. The quantitative estimate of drug-likeness (QED) is 0.555. The molecule has 1 amide bonds. The molecule has 1 aliphatic carbocycles. The van der Waals surface area contributed by atoms with Gasteiger partial charge in [-0.05, 0) is 38.0 Å². The zero-order chi connectivity index (χ0) is 12.8. The second-order valence-corrected chi connectivity index (χ2v) is 5.44. The van der Waals surface area contributed by atoms with Crippen molar-refractivity contribution in [2.75, 3.05) is 13.1 Å². The maximum atomic E-state index is 12.2. The molecule has 2 fully saturated rings. The smallest absolute Gasteiger partial charge is 0.264 e. The van der Waals surface area contributed by atoms with Crippen LogP contribution in [0.2, 0.25) is 0 Å². The Morgan fingerprint density at radius 1 is 1.06 bits per heavy atom. The first kappa shape index (κ1) is 13.1. The van der Waals surface area contributed by atoms with Gasteiger partial charge in [0.05, 0.1) is 0 Å². The van der Waals surface area contributed by atoms with Crippen LogP contribution in [0, 0.1) is 17.2 Å². The second kappa shape index (κ2) is 6.58. The third-order valence-corrected chi connectivity index (χ3v) is 4.05. The number of piperidine rings is 1. The fourth-order valence-electron chi connectivity index (χ4n) is 2.96. The Morgan fingerprint density at radius 3 is 2.28 bits per heavy atom. The van der Waals surface area contributed by atoms with Gasteiger partial charge in [0.25, 0.3) is 5.91 Å². The van der Waals surface area contributed by atoms with Gasteiger partial charge < -0.3 is 4.90 Å². The molecule has 0 N–H and O–H groups in total. The van der Waals surface area contributed by atoms with Crippen LogP contribution in [0.4, 0.5) is 0 Å². The lowest BCUT2D eigenvalue weighted by Gasteiger charge is -2.27. The minimum Gasteiger partial charge on any atom is -0.338 e. The van der Waals surface area contributed by atoms with Gasteiger partial charge in [0.2, 0.25) is 0 Å². The van der Waals surface area contributed by atoms with Gasteiger partial charge in [-0.3, -0.25) is 4.79 Å². The summed E-state index contributed by atoms with van der Waals surface area (Å²) >= 11 is 0. The molecule has 0 aromatic carbocycles. The van der Waals surface area contributed by atoms with E-state index in [4.69, 9.17) is 0 Å². The number of likely N-dealkylation sites (tertiary alicyclic amines) is 1. The van der Waals surface area contributed by atoms with E-state index in [0.717, 1.165) is 38.8 Å². The molecule has 3 nitrogen and oxygen atoms in total. The monoisotopic (exact) mass is 246 g/mol. The van der Waals surface area contributed by atoms with Gasteiger partial charge in [-0.2, -0.15) is 5.26 Å². The minimum absolute atomic E-state index is 0.0391. The number of nitrogens with zero attached hydrogens (tertiary/aromatic N) is 2. The summed E-state index contributed by atoms with van der Waals surface area (Å²) in [5, 5.41) is 9.19. The Labute approximate surface area is 109 Å². The molecular weight excluding hydrogens is 224 g/mol. The molecule has 1 aliphatic heterocycles. The van der Waals surface area contributed by atoms with Gasteiger partial charge in [-0.25, -0.2) is 0 Å². The van der Waals surface area contributed by atoms with Gasteiger partial charge in [-0.15, -0.1) is 0 Å². The summed E-state index contributed by atoms with van der Waals surface area (Å²) in [6, 6.07) is 2.12. The summed E-state index contributed by atoms with van der Waals surface area (Å²) in [5.74, 6) is 0.407. The zero-order valence-electron chi connectivity index (χ0n) is 11.0. The Balaban J connectivity index is 2.00. The molecule has 0 bridgehead atoms. The number of allylic oxidation sites excluding steroid dienone is 1. The van der Waals surface area contributed by atoms with Crippen LogP contribution in [-0.4, -0.2) is 23.9 Å². The molecule has 98 valence electrons. The van der Waals surface area contributed by atoms with E-state index in [0.29, 0.717) is 11.5 Å². The molecule has 2 aliphatic rings. The predicted molar refractivity (Wildman–Crippen MR) is 70.7 cm³/mol. The first-order valence-corrected chi connectivity index (χ1v) is 7.22. The third-order valence-electron chi connectivity index (χ3n) is 4.05. The van der Waals surface area contributed by atoms with Gasteiger partial charge in [-0.1, -0.05) is 25.3 Å². The number of hydrogen-bond acceptors (Lipinski definition) is 2. The van der Waals surface area contributed by atoms with Crippen molar-refractivity contribution >= 4 is 5.91 Å². The van der Waals surface area contributed by atoms with Crippen LogP contribution < -0.4 is 0 Å². The van der Waals surface area contributed by atoms with E-state index in [9.17, 15) is 10.1 Å². The third kappa shape index (κ3) is 3.35. The van der Waals surface area contributed by atoms with Crippen molar-refractivity contribution in [3.05, 3.63) is 11.6 Å². The summed E-state index contributed by atoms with van der Waals surface area (Å²) in [6.07, 6.45) is 11.3. The molecule has 0 aromatic rings. The molecule has 1 saturated heterocycles. The molecule has 1 saturated carbocycles. The lowest BCUT2D eigenvalue weighted by atomic mass is 9.88. The first-order valence-electron chi connectivity index (χ1n) is 7.22. The van der Waals surface area contributed by atoms with Crippen LogP contribution in [0.1, 0.15) is 51.4 Å². The SMILES string of the molecule is N#C/C(=C\C1CCCCC1)C(=O)N1CCCCC1. The fourth-order valence-corrected chi connectivity index (χ4v) is 2.96. The summed E-state index contributed by atoms with van der Waals surface area (Å²) in [6.45, 7) is 1.64. The fraction of sp³-hybridized carbons (Fsp3) is 0.733. The highest BCUT2D eigenvalue weighted by Crippen LogP contribution is 2.26. The number of carbonyl (C=O) groups excluding carboxylic acids is 1. The van der Waals surface area contributed by atoms with Crippen molar-refractivity contribution in [1.82, 2.24) is 4.90 Å². The summed E-state index contributed by atoms with van der Waals surface area (Å²) in [4.78, 5) is 14.1. The van der Waals surface area contributed by atoms with Crippen molar-refractivity contribution < 1.29 is 4.79 Å². The van der Waals surface area contributed by atoms with Crippen molar-refractivity contribution in [3.8, 4) is 6.07 Å². The molecule has 0 aromatic heterocycles. The van der Waals surface area contributed by atoms with Crippen LogP contribution in [-0.2, 0) is 4.79 Å². The van der Waals surface area contributed by atoms with Crippen molar-refractivity contribution in [2.45, 2.75) is 51.4 Å². The largest absolute Gasteiger partial charge is 0.338 e. The molecule has 2 rings (SSSR count). The van der Waals surface area contributed by atoms with Gasteiger partial charge in [0.1, 0.15) is 11.6 Å². The number of carbonyl (C=O) groups is 1. The van der Waals surface area contributed by atoms with Gasteiger partial charge in [0.15, 0.2) is 0 Å². The Morgan fingerprint density at radius 2 is 1.67 bits per heavy atom. The highest BCUT2D eigenvalue weighted by molar-refractivity contribution is 5.97. The molecule has 18 heavy (non-hydrogen) atoms. The minimum atomic E-state index is -0.0391. The topological polar surface area (TPSA) is 44.1 Å². The number of nitriles is 1. The van der Waals surface area contributed by atoms with Crippen LogP contribution in [0.25, 0.3) is 0 Å². The van der Waals surface area contributed by atoms with E-state index >= 15 is 0 Å². The van der Waals surface area contributed by atoms with Crippen LogP contribution in [0.5, 0.6) is 0 Å². The Kier molecular flexibility index (Phi) is 4.81. The summed E-state index contributed by atoms with van der Waals surface area (Å²) in [7, 11) is 0. The number of rotatable bonds is 2. The Hall–Kier alpha value is -1.30. The molecule has 1 heterocycles. The van der Waals surface area contributed by atoms with Crippen LogP contribution >= 0.6 is 0 Å². The van der Waals surface area contributed by atoms with Crippen molar-refractivity contribution in [2.24, 2.45) is 5.92 Å². The molecule has 0 spiro atoms. The molecule has 0 unspecified atom stereocenters. The lowest BCUT2D eigenvalue weighted by Crippen LogP contribution is -2.36. The first-order chi connectivity index (χ1) is 8.81. The van der Waals surface area contributed by atoms with E-state index in [1.807, 2.05) is 11.0 Å². The van der Waals surface area contributed by atoms with E-state index in [1.54, 1.807) is 0 Å². The average Bonchev–Trinajstić information content (AvgIpc) is 2.46. The molecule has 0 atom stereocenters. The Bertz CT molecular complexity index is 355. The highest BCUT2D eigenvalue weighted by Gasteiger charge is 2.21. The maximum absolute atomic E-state index is 12.2. The maximum Gasteiger partial charge on any atom is 0.264 e. The van der Waals surface area contributed by atoms with E-state index in [-0.39, 0.29) is 5.91 Å². The van der Waals surface area contributed by atoms with Gasteiger partial charge >= 0.3 is 0 Å². The zero-order valence-corrected chi connectivity index (χ0v) is 11.0. The standard InChI is InChI=1S/C15H22N2O/c16-12-14(11-13-7-3-1-4-8-13)15(18)17-9-5-2-6-10-17/h11,13H,1-10H2/b14-11+. The number of amides is 1. The highest BCUT2D eigenvalue weighted by atomic mass is 16.2. The molecule has 3 heteroatoms. The second-order valence-electron chi connectivity index (χ2n) is 5.44. The molecule has 0 radical (unpaired) electrons. The van der Waals surface area contributed by atoms with Crippen LogP contribution in [0.3, 0.4) is 0 Å². The van der Waals surface area contributed by atoms with E-state index in [2.05, 4.69) is 6.07 Å². The predicted octanol–water partition coefficient (Wildman–Crippen LogP) is 3.03. The normalized spacial score (nSPS) is 22.6. The summed E-state index contributed by atoms with van der Waals surface area (Å²) < 4.78 is 0. The van der Waals surface area contributed by atoms with Crippen LogP contribution in [0.15, 0.2) is 11.6 Å². The van der Waals surface area contributed by atoms with Crippen molar-refractivity contribution in [3.63, 3.8) is 0 Å². The lowest BCUT2D eigenvalue weighted by molar-refractivity contribution is -0.127. The summed E-state index contributed by atoms with van der Waals surface area (Å²) in [5.41, 5.74) is 0.379.